The lowest BCUT2D eigenvalue weighted by atomic mass is 10.00. The Morgan fingerprint density at radius 2 is 2.00 bits per heavy atom. The van der Waals surface area contributed by atoms with Gasteiger partial charge in [0.1, 0.15) is 5.75 Å². The van der Waals surface area contributed by atoms with Crippen LogP contribution < -0.4 is 10.2 Å². The molecule has 4 heteroatoms. The summed E-state index contributed by atoms with van der Waals surface area (Å²) in [6, 6.07) is 6.90. The molecule has 2 atom stereocenters. The predicted molar refractivity (Wildman–Crippen MR) is 79.5 cm³/mol. The molecule has 0 saturated carbocycles. The van der Waals surface area contributed by atoms with Crippen molar-refractivity contribution >= 4 is 11.6 Å². The molecule has 19 heavy (non-hydrogen) atoms. The van der Waals surface area contributed by atoms with Gasteiger partial charge in [-0.2, -0.15) is 0 Å². The second kappa shape index (κ2) is 6.60. The number of hydrogen-bond acceptors (Lipinski definition) is 3. The molecule has 1 aromatic rings. The van der Waals surface area contributed by atoms with E-state index in [1.54, 1.807) is 7.11 Å². The van der Waals surface area contributed by atoms with E-state index in [9.17, 15) is 0 Å². The molecule has 0 aliphatic carbocycles. The van der Waals surface area contributed by atoms with E-state index in [0.717, 1.165) is 22.9 Å². The Morgan fingerprint density at radius 3 is 2.63 bits per heavy atom. The minimum absolute atomic E-state index is 0.578. The molecule has 1 fully saturated rings. The molecule has 106 valence electrons. The number of nitrogens with one attached hydrogen (secondary N) is 1. The number of hydrazine groups is 1. The van der Waals surface area contributed by atoms with E-state index in [0.29, 0.717) is 12.1 Å². The number of piperidine rings is 1. The summed E-state index contributed by atoms with van der Waals surface area (Å²) in [6.07, 6.45) is 3.83. The average molecular weight is 283 g/mol. The third-order valence-corrected chi connectivity index (χ3v) is 4.12. The third-order valence-electron chi connectivity index (χ3n) is 3.89. The van der Waals surface area contributed by atoms with Gasteiger partial charge in [0, 0.05) is 29.2 Å². The van der Waals surface area contributed by atoms with E-state index in [1.165, 1.54) is 19.3 Å². The first-order chi connectivity index (χ1) is 9.11. The lowest BCUT2D eigenvalue weighted by Gasteiger charge is -2.39. The monoisotopic (exact) mass is 282 g/mol. The highest BCUT2D eigenvalue weighted by Gasteiger charge is 2.24. The van der Waals surface area contributed by atoms with Crippen LogP contribution in [0.3, 0.4) is 0 Å². The predicted octanol–water partition coefficient (Wildman–Crippen LogP) is 3.62. The van der Waals surface area contributed by atoms with Crippen LogP contribution >= 0.6 is 11.6 Å². The Balaban J connectivity index is 2.03. The van der Waals surface area contributed by atoms with E-state index in [-0.39, 0.29) is 0 Å². The highest BCUT2D eigenvalue weighted by atomic mass is 35.5. The standard InChI is InChI=1S/C15H23ClN2O/c1-11-5-4-6-12(2)18(11)17-10-13-9-14(16)7-8-15(13)19-3/h7-9,11-12,17H,4-6,10H2,1-3H3. The molecular weight excluding hydrogens is 260 g/mol. The van der Waals surface area contributed by atoms with Crippen LogP contribution in [0.25, 0.3) is 0 Å². The largest absolute Gasteiger partial charge is 0.496 e. The van der Waals surface area contributed by atoms with Crippen LogP contribution in [-0.2, 0) is 6.54 Å². The lowest BCUT2D eigenvalue weighted by molar-refractivity contribution is 0.0433. The Morgan fingerprint density at radius 1 is 1.32 bits per heavy atom. The normalized spacial score (nSPS) is 24.4. The van der Waals surface area contributed by atoms with Crippen molar-refractivity contribution in [1.29, 1.82) is 0 Å². The fraction of sp³-hybridized carbons (Fsp3) is 0.600. The van der Waals surface area contributed by atoms with Gasteiger partial charge in [-0.05, 0) is 44.9 Å². The van der Waals surface area contributed by atoms with Gasteiger partial charge in [0.2, 0.25) is 0 Å². The molecule has 0 bridgehead atoms. The van der Waals surface area contributed by atoms with Crippen LogP contribution in [0.2, 0.25) is 5.02 Å². The molecule has 1 aliphatic rings. The maximum absolute atomic E-state index is 6.06. The minimum atomic E-state index is 0.578. The van der Waals surface area contributed by atoms with Gasteiger partial charge in [0.25, 0.3) is 0 Å². The van der Waals surface area contributed by atoms with Gasteiger partial charge in [-0.15, -0.1) is 0 Å². The second-order valence-electron chi connectivity index (χ2n) is 5.33. The van der Waals surface area contributed by atoms with Gasteiger partial charge in [-0.25, -0.2) is 5.01 Å². The average Bonchev–Trinajstić information content (AvgIpc) is 2.38. The molecule has 1 heterocycles. The fourth-order valence-corrected chi connectivity index (χ4v) is 2.99. The number of nitrogens with zero attached hydrogens (tertiary/aromatic N) is 1. The molecule has 1 N–H and O–H groups in total. The van der Waals surface area contributed by atoms with Crippen LogP contribution in [0, 0.1) is 0 Å². The van der Waals surface area contributed by atoms with Crippen LogP contribution in [-0.4, -0.2) is 24.2 Å². The third kappa shape index (κ3) is 3.62. The van der Waals surface area contributed by atoms with Gasteiger partial charge < -0.3 is 4.74 Å². The zero-order chi connectivity index (χ0) is 13.8. The Hall–Kier alpha value is -0.770. The van der Waals surface area contributed by atoms with Gasteiger partial charge in [-0.3, -0.25) is 5.43 Å². The first-order valence-corrected chi connectivity index (χ1v) is 7.34. The fourth-order valence-electron chi connectivity index (χ4n) is 2.79. The van der Waals surface area contributed by atoms with Crippen molar-refractivity contribution in [2.75, 3.05) is 7.11 Å². The van der Waals surface area contributed by atoms with Crippen molar-refractivity contribution in [2.24, 2.45) is 0 Å². The molecule has 0 spiro atoms. The van der Waals surface area contributed by atoms with Gasteiger partial charge in [0.05, 0.1) is 7.11 Å². The summed E-state index contributed by atoms with van der Waals surface area (Å²) in [6.45, 7) is 5.30. The van der Waals surface area contributed by atoms with Crippen molar-refractivity contribution in [3.05, 3.63) is 28.8 Å². The van der Waals surface area contributed by atoms with Crippen LogP contribution in [0.4, 0.5) is 0 Å². The maximum Gasteiger partial charge on any atom is 0.123 e. The number of rotatable bonds is 4. The van der Waals surface area contributed by atoms with Crippen molar-refractivity contribution in [1.82, 2.24) is 10.4 Å². The van der Waals surface area contributed by atoms with E-state index >= 15 is 0 Å². The van der Waals surface area contributed by atoms with Crippen LogP contribution in [0.5, 0.6) is 5.75 Å². The molecule has 2 unspecified atom stereocenters. The van der Waals surface area contributed by atoms with Crippen molar-refractivity contribution in [3.8, 4) is 5.75 Å². The summed E-state index contributed by atoms with van der Waals surface area (Å²) >= 11 is 6.06. The molecule has 2 rings (SSSR count). The summed E-state index contributed by atoms with van der Waals surface area (Å²) in [5.41, 5.74) is 4.63. The quantitative estimate of drug-likeness (QED) is 0.913. The molecule has 0 radical (unpaired) electrons. The molecule has 0 amide bonds. The summed E-state index contributed by atoms with van der Waals surface area (Å²) in [5.74, 6) is 0.884. The highest BCUT2D eigenvalue weighted by Crippen LogP contribution is 2.24. The van der Waals surface area contributed by atoms with Crippen LogP contribution in [0.15, 0.2) is 18.2 Å². The molecule has 1 saturated heterocycles. The second-order valence-corrected chi connectivity index (χ2v) is 5.76. The number of benzene rings is 1. The molecule has 1 aliphatic heterocycles. The summed E-state index contributed by atoms with van der Waals surface area (Å²) in [5, 5.41) is 3.11. The van der Waals surface area contributed by atoms with E-state index < -0.39 is 0 Å². The SMILES string of the molecule is COc1ccc(Cl)cc1CNN1C(C)CCCC1C. The highest BCUT2D eigenvalue weighted by molar-refractivity contribution is 6.30. The first-order valence-electron chi connectivity index (χ1n) is 6.96. The Bertz CT molecular complexity index is 415. The minimum Gasteiger partial charge on any atom is -0.496 e. The summed E-state index contributed by atoms with van der Waals surface area (Å²) in [4.78, 5) is 0. The first kappa shape index (κ1) is 14.6. The number of hydrogen-bond donors (Lipinski definition) is 1. The zero-order valence-corrected chi connectivity index (χ0v) is 12.7. The Kier molecular flexibility index (Phi) is 5.08. The van der Waals surface area contributed by atoms with Gasteiger partial charge >= 0.3 is 0 Å². The van der Waals surface area contributed by atoms with Crippen LogP contribution in [0.1, 0.15) is 38.7 Å². The van der Waals surface area contributed by atoms with Crippen molar-refractivity contribution < 1.29 is 4.74 Å². The summed E-state index contributed by atoms with van der Waals surface area (Å²) in [7, 11) is 1.69. The van der Waals surface area contributed by atoms with E-state index in [4.69, 9.17) is 16.3 Å². The number of halogens is 1. The maximum atomic E-state index is 6.06. The van der Waals surface area contributed by atoms with Gasteiger partial charge in [-0.1, -0.05) is 18.0 Å². The Labute approximate surface area is 120 Å². The molecule has 0 aromatic heterocycles. The molecule has 1 aromatic carbocycles. The smallest absolute Gasteiger partial charge is 0.123 e. The molecule has 3 nitrogen and oxygen atoms in total. The lowest BCUT2D eigenvalue weighted by Crippen LogP contribution is -2.51. The zero-order valence-electron chi connectivity index (χ0n) is 11.9. The van der Waals surface area contributed by atoms with Crippen molar-refractivity contribution in [3.63, 3.8) is 0 Å². The topological polar surface area (TPSA) is 24.5 Å². The van der Waals surface area contributed by atoms with Gasteiger partial charge in [0.15, 0.2) is 0 Å². The van der Waals surface area contributed by atoms with E-state index in [2.05, 4.69) is 24.3 Å². The number of methoxy groups -OCH3 is 1. The summed E-state index contributed by atoms with van der Waals surface area (Å²) < 4.78 is 5.38. The molecular formula is C15H23ClN2O. The van der Waals surface area contributed by atoms with Crippen molar-refractivity contribution in [2.45, 2.75) is 51.7 Å². The number of ether oxygens (including phenoxy) is 1. The van der Waals surface area contributed by atoms with E-state index in [1.807, 2.05) is 18.2 Å².